The van der Waals surface area contributed by atoms with Gasteiger partial charge >= 0.3 is 5.97 Å². The second-order valence-corrected chi connectivity index (χ2v) is 9.71. The van der Waals surface area contributed by atoms with Crippen molar-refractivity contribution >= 4 is 11.8 Å². The zero-order valence-corrected chi connectivity index (χ0v) is 14.9. The van der Waals surface area contributed by atoms with E-state index in [9.17, 15) is 9.59 Å². The van der Waals surface area contributed by atoms with Gasteiger partial charge in [0.05, 0.1) is 0 Å². The number of hydrogen-bond acceptors (Lipinski definition) is 3. The molecule has 0 amide bonds. The third kappa shape index (κ3) is 1.64. The maximum absolute atomic E-state index is 12.0. The van der Waals surface area contributed by atoms with Gasteiger partial charge in [-0.15, -0.1) is 0 Å². The molecule has 0 aromatic heterocycles. The molecular formula is C22H26O3. The number of fused-ring (bicyclic) bond motifs is 9. The van der Waals surface area contributed by atoms with Gasteiger partial charge in [0.25, 0.3) is 0 Å². The molecule has 0 radical (unpaired) electrons. The number of ether oxygens (including phenoxy) is 1. The number of esters is 1. The molecule has 0 N–H and O–H groups in total. The normalized spacial score (nSPS) is 55.2. The molecule has 0 aromatic carbocycles. The molecule has 3 nitrogen and oxygen atoms in total. The Balaban J connectivity index is 1.41. The summed E-state index contributed by atoms with van der Waals surface area (Å²) in [5.41, 5.74) is 1.29. The maximum Gasteiger partial charge on any atom is 0.306 e. The van der Waals surface area contributed by atoms with Crippen LogP contribution >= 0.6 is 0 Å². The number of hydrogen-bond donors (Lipinski definition) is 0. The highest BCUT2D eigenvalue weighted by Crippen LogP contribution is 2.77. The Morgan fingerprint density at radius 2 is 2.00 bits per heavy atom. The Kier molecular flexibility index (Phi) is 2.64. The lowest BCUT2D eigenvalue weighted by Crippen LogP contribution is -2.54. The van der Waals surface area contributed by atoms with E-state index in [-0.39, 0.29) is 17.0 Å². The molecule has 1 heterocycles. The highest BCUT2D eigenvalue weighted by atomic mass is 16.6. The Morgan fingerprint density at radius 1 is 1.12 bits per heavy atom. The lowest BCUT2D eigenvalue weighted by atomic mass is 9.50. The fourth-order valence-electron chi connectivity index (χ4n) is 8.01. The minimum absolute atomic E-state index is 0.0323. The molecule has 4 fully saturated rings. The summed E-state index contributed by atoms with van der Waals surface area (Å²) in [4.78, 5) is 23.8. The van der Waals surface area contributed by atoms with Gasteiger partial charge in [-0.2, -0.15) is 0 Å². The highest BCUT2D eigenvalue weighted by molar-refractivity contribution is 5.92. The molecule has 1 saturated heterocycles. The molecular weight excluding hydrogens is 312 g/mol. The van der Waals surface area contributed by atoms with Crippen LogP contribution in [-0.2, 0) is 14.3 Å². The Morgan fingerprint density at radius 3 is 2.80 bits per heavy atom. The molecule has 3 heteroatoms. The summed E-state index contributed by atoms with van der Waals surface area (Å²) in [5.74, 6) is 4.25. The molecule has 0 bridgehead atoms. The molecule has 25 heavy (non-hydrogen) atoms. The van der Waals surface area contributed by atoms with E-state index in [1.54, 1.807) is 0 Å². The first-order chi connectivity index (χ1) is 12.0. The van der Waals surface area contributed by atoms with Gasteiger partial charge in [-0.1, -0.05) is 19.1 Å². The first kappa shape index (κ1) is 14.8. The van der Waals surface area contributed by atoms with E-state index in [0.717, 1.165) is 25.2 Å². The highest BCUT2D eigenvalue weighted by Gasteiger charge is 2.78. The van der Waals surface area contributed by atoms with Crippen LogP contribution in [0.3, 0.4) is 0 Å². The third-order valence-electron chi connectivity index (χ3n) is 8.99. The summed E-state index contributed by atoms with van der Waals surface area (Å²) >= 11 is 0. The van der Waals surface area contributed by atoms with E-state index in [0.29, 0.717) is 41.8 Å². The van der Waals surface area contributed by atoms with Crippen molar-refractivity contribution in [2.75, 3.05) is 0 Å². The van der Waals surface area contributed by atoms with E-state index < -0.39 is 0 Å². The van der Waals surface area contributed by atoms with Crippen molar-refractivity contribution in [3.8, 4) is 0 Å². The predicted octanol–water partition coefficient (Wildman–Crippen LogP) is 3.84. The van der Waals surface area contributed by atoms with Gasteiger partial charge in [-0.3, -0.25) is 9.59 Å². The van der Waals surface area contributed by atoms with Crippen LogP contribution in [0.5, 0.6) is 0 Å². The molecule has 1 aliphatic heterocycles. The second-order valence-electron chi connectivity index (χ2n) is 9.71. The van der Waals surface area contributed by atoms with Crippen molar-refractivity contribution in [1.82, 2.24) is 0 Å². The van der Waals surface area contributed by atoms with Crippen LogP contribution < -0.4 is 0 Å². The van der Waals surface area contributed by atoms with Crippen molar-refractivity contribution in [1.29, 1.82) is 0 Å². The molecule has 132 valence electrons. The standard InChI is InChI=1S/C22H26O3/c1-21-8-6-15-14-5-3-13(23)10-12(14)2-4-16(15)20(21)17-11-18(17)22(21)9-7-19(24)25-22/h2,4,10,14-18,20H,3,5-9,11H2,1H3/t14-,15?,16?,17-,18+,20?,21-,22-/m0/s1. The van der Waals surface area contributed by atoms with Crippen LogP contribution in [-0.4, -0.2) is 17.4 Å². The van der Waals surface area contributed by atoms with Gasteiger partial charge in [-0.05, 0) is 73.3 Å². The predicted molar refractivity (Wildman–Crippen MR) is 92.4 cm³/mol. The summed E-state index contributed by atoms with van der Waals surface area (Å²) in [6.07, 6.45) is 13.6. The molecule has 3 saturated carbocycles. The largest absolute Gasteiger partial charge is 0.458 e. The first-order valence-corrected chi connectivity index (χ1v) is 10.2. The lowest BCUT2D eigenvalue weighted by Gasteiger charge is -2.55. The number of carbonyl (C=O) groups excluding carboxylic acids is 2. The average molecular weight is 338 g/mol. The molecule has 1 spiro atoms. The first-order valence-electron chi connectivity index (χ1n) is 10.2. The number of ketones is 1. The van der Waals surface area contributed by atoms with Crippen molar-refractivity contribution in [3.63, 3.8) is 0 Å². The summed E-state index contributed by atoms with van der Waals surface area (Å²) in [5, 5.41) is 0. The second kappa shape index (κ2) is 4.47. The molecule has 5 aliphatic carbocycles. The summed E-state index contributed by atoms with van der Waals surface area (Å²) in [7, 11) is 0. The van der Waals surface area contributed by atoms with Crippen molar-refractivity contribution in [3.05, 3.63) is 23.8 Å². The van der Waals surface area contributed by atoms with Crippen LogP contribution in [0, 0.1) is 40.9 Å². The van der Waals surface area contributed by atoms with Gasteiger partial charge < -0.3 is 4.74 Å². The van der Waals surface area contributed by atoms with E-state index in [1.807, 2.05) is 6.08 Å². The van der Waals surface area contributed by atoms with Crippen LogP contribution in [0.1, 0.15) is 51.9 Å². The van der Waals surface area contributed by atoms with Gasteiger partial charge in [0.1, 0.15) is 5.60 Å². The third-order valence-corrected chi connectivity index (χ3v) is 8.99. The quantitative estimate of drug-likeness (QED) is 0.630. The Labute approximate surface area is 148 Å². The van der Waals surface area contributed by atoms with Crippen LogP contribution in [0.4, 0.5) is 0 Å². The van der Waals surface area contributed by atoms with E-state index in [4.69, 9.17) is 4.74 Å². The minimum atomic E-state index is -0.156. The van der Waals surface area contributed by atoms with Crippen LogP contribution in [0.15, 0.2) is 23.8 Å². The molecule has 8 atom stereocenters. The SMILES string of the molecule is C[C@]12CCC3C(C=CC4=CC(=O)CC[C@@H]43)C1[C@H]1C[C@H]1[C@@]21CCC(=O)O1. The number of rotatable bonds is 0. The zero-order valence-electron chi connectivity index (χ0n) is 14.9. The Bertz CT molecular complexity index is 748. The smallest absolute Gasteiger partial charge is 0.306 e. The molecule has 0 aromatic rings. The number of carbonyl (C=O) groups is 2. The molecule has 3 unspecified atom stereocenters. The van der Waals surface area contributed by atoms with Gasteiger partial charge in [-0.25, -0.2) is 0 Å². The molecule has 6 aliphatic rings. The zero-order chi connectivity index (χ0) is 17.0. The summed E-state index contributed by atoms with van der Waals surface area (Å²) in [6.45, 7) is 2.43. The maximum atomic E-state index is 12.0. The monoisotopic (exact) mass is 338 g/mol. The average Bonchev–Trinajstić information content (AvgIpc) is 3.23. The van der Waals surface area contributed by atoms with Crippen molar-refractivity contribution in [2.45, 2.75) is 57.5 Å². The fourth-order valence-corrected chi connectivity index (χ4v) is 8.01. The summed E-state index contributed by atoms with van der Waals surface area (Å²) < 4.78 is 6.12. The fraction of sp³-hybridized carbons (Fsp3) is 0.727. The van der Waals surface area contributed by atoms with Crippen molar-refractivity contribution < 1.29 is 14.3 Å². The van der Waals surface area contributed by atoms with E-state index in [2.05, 4.69) is 19.1 Å². The minimum Gasteiger partial charge on any atom is -0.458 e. The van der Waals surface area contributed by atoms with Crippen LogP contribution in [0.25, 0.3) is 0 Å². The molecule has 6 rings (SSSR count). The Hall–Kier alpha value is -1.38. The topological polar surface area (TPSA) is 43.4 Å². The van der Waals surface area contributed by atoms with Gasteiger partial charge in [0.15, 0.2) is 5.78 Å². The van der Waals surface area contributed by atoms with Gasteiger partial charge in [0.2, 0.25) is 0 Å². The van der Waals surface area contributed by atoms with Crippen LogP contribution in [0.2, 0.25) is 0 Å². The van der Waals surface area contributed by atoms with Gasteiger partial charge in [0, 0.05) is 24.2 Å². The van der Waals surface area contributed by atoms with E-state index >= 15 is 0 Å². The lowest BCUT2D eigenvalue weighted by molar-refractivity contribution is -0.171. The van der Waals surface area contributed by atoms with E-state index in [1.165, 1.54) is 24.8 Å². The summed E-state index contributed by atoms with van der Waals surface area (Å²) in [6, 6.07) is 0. The van der Waals surface area contributed by atoms with Crippen molar-refractivity contribution in [2.24, 2.45) is 40.9 Å². The number of allylic oxidation sites excluding steroid dienone is 4.